The Kier molecular flexibility index (Phi) is 6.27. The van der Waals surface area contributed by atoms with Crippen molar-refractivity contribution in [1.29, 1.82) is 0 Å². The minimum absolute atomic E-state index is 0.0262. The van der Waals surface area contributed by atoms with Crippen LogP contribution in [-0.4, -0.2) is 17.8 Å². The highest BCUT2D eigenvalue weighted by atomic mass is 127. The van der Waals surface area contributed by atoms with E-state index in [4.69, 9.17) is 16.3 Å². The maximum absolute atomic E-state index is 12.9. The van der Waals surface area contributed by atoms with Gasteiger partial charge in [0.05, 0.1) is 11.3 Å². The van der Waals surface area contributed by atoms with Crippen LogP contribution in [0.4, 0.5) is 11.4 Å². The number of nitrogens with zero attached hydrogens (tertiary/aromatic N) is 1. The van der Waals surface area contributed by atoms with Gasteiger partial charge in [-0.25, -0.2) is 9.69 Å². The molecule has 1 aliphatic heterocycles. The number of fused-ring (bicyclic) bond motifs is 1. The minimum atomic E-state index is -0.601. The summed E-state index contributed by atoms with van der Waals surface area (Å²) in [5, 5.41) is 4.72. The lowest BCUT2D eigenvalue weighted by molar-refractivity contribution is -0.120. The number of anilines is 2. The molecule has 4 aromatic carbocycles. The van der Waals surface area contributed by atoms with Crippen molar-refractivity contribution in [3.63, 3.8) is 0 Å². The third-order valence-electron chi connectivity index (χ3n) is 5.43. The molecule has 0 unspecified atom stereocenters. The van der Waals surface area contributed by atoms with E-state index in [1.165, 1.54) is 0 Å². The molecule has 1 aliphatic rings. The van der Waals surface area contributed by atoms with E-state index in [2.05, 4.69) is 27.9 Å². The molecular weight excluding hydrogens is 579 g/mol. The number of carbonyl (C=O) groups is 3. The van der Waals surface area contributed by atoms with Crippen LogP contribution in [0.3, 0.4) is 0 Å². The van der Waals surface area contributed by atoms with Crippen LogP contribution in [-0.2, 0) is 9.59 Å². The first-order chi connectivity index (χ1) is 16.9. The lowest BCUT2D eigenvalue weighted by Gasteiger charge is -2.15. The molecule has 1 heterocycles. The summed E-state index contributed by atoms with van der Waals surface area (Å²) in [6.45, 7) is 0. The van der Waals surface area contributed by atoms with E-state index in [0.29, 0.717) is 22.7 Å². The van der Waals surface area contributed by atoms with Crippen LogP contribution < -0.4 is 15.0 Å². The summed E-state index contributed by atoms with van der Waals surface area (Å²) < 4.78 is 6.48. The number of imide groups is 1. The van der Waals surface area contributed by atoms with Gasteiger partial charge in [0.25, 0.3) is 11.8 Å². The lowest BCUT2D eigenvalue weighted by atomic mass is 10.1. The summed E-state index contributed by atoms with van der Waals surface area (Å²) in [5.74, 6) is -1.23. The van der Waals surface area contributed by atoms with Crippen molar-refractivity contribution >= 4 is 74.1 Å². The van der Waals surface area contributed by atoms with Crippen LogP contribution in [0.5, 0.6) is 5.75 Å². The van der Waals surface area contributed by atoms with Crippen LogP contribution >= 0.6 is 34.2 Å². The van der Waals surface area contributed by atoms with Crippen LogP contribution in [0.25, 0.3) is 10.8 Å². The zero-order valence-corrected chi connectivity index (χ0v) is 20.9. The maximum atomic E-state index is 12.9. The number of nitrogens with one attached hydrogen (secondary N) is 1. The third-order valence-corrected chi connectivity index (χ3v) is 6.50. The Hall–Kier alpha value is -3.69. The van der Waals surface area contributed by atoms with Gasteiger partial charge in [-0.2, -0.15) is 0 Å². The summed E-state index contributed by atoms with van der Waals surface area (Å²) in [7, 11) is 0. The van der Waals surface area contributed by atoms with Crippen molar-refractivity contribution < 1.29 is 19.1 Å². The van der Waals surface area contributed by atoms with E-state index in [1.54, 1.807) is 60.7 Å². The molecule has 4 aromatic rings. The lowest BCUT2D eigenvalue weighted by Crippen LogP contribution is -2.32. The first-order valence-corrected chi connectivity index (χ1v) is 12.0. The van der Waals surface area contributed by atoms with E-state index in [1.807, 2.05) is 30.3 Å². The van der Waals surface area contributed by atoms with Crippen LogP contribution in [0, 0.1) is 3.57 Å². The Bertz CT molecular complexity index is 1510. The third kappa shape index (κ3) is 4.65. The standard InChI is InChI=1S/C27H16ClIN2O4/c28-23-24(26(33)31(25(23)32)21-12-8-19(29)9-13-21)30-20-10-5-17(6-11-20)27(34)35-22-14-7-16-3-1-2-4-18(16)15-22/h1-15,30H. The largest absolute Gasteiger partial charge is 0.423 e. The highest BCUT2D eigenvalue weighted by Crippen LogP contribution is 2.30. The second-order valence-electron chi connectivity index (χ2n) is 7.71. The van der Waals surface area contributed by atoms with Gasteiger partial charge < -0.3 is 10.1 Å². The van der Waals surface area contributed by atoms with Gasteiger partial charge in [0.2, 0.25) is 0 Å². The fourth-order valence-electron chi connectivity index (χ4n) is 3.67. The molecule has 2 amide bonds. The molecule has 5 rings (SSSR count). The molecule has 35 heavy (non-hydrogen) atoms. The predicted molar refractivity (Wildman–Crippen MR) is 144 cm³/mol. The molecule has 8 heteroatoms. The minimum Gasteiger partial charge on any atom is -0.423 e. The number of hydrogen-bond donors (Lipinski definition) is 1. The molecule has 0 atom stereocenters. The van der Waals surface area contributed by atoms with E-state index < -0.39 is 17.8 Å². The molecule has 0 fully saturated rings. The molecule has 0 saturated carbocycles. The second-order valence-corrected chi connectivity index (χ2v) is 9.34. The SMILES string of the molecule is O=C(Oc1ccc2ccccc2c1)c1ccc(NC2=C(Cl)C(=O)N(c3ccc(I)cc3)C2=O)cc1. The number of rotatable bonds is 5. The van der Waals surface area contributed by atoms with Crippen molar-refractivity contribution in [3.8, 4) is 5.75 Å². The first-order valence-electron chi connectivity index (χ1n) is 10.5. The number of ether oxygens (including phenoxy) is 1. The fraction of sp³-hybridized carbons (Fsp3) is 0. The van der Waals surface area contributed by atoms with Gasteiger partial charge in [-0.05, 0) is 94.0 Å². The Balaban J connectivity index is 1.29. The monoisotopic (exact) mass is 594 g/mol. The number of esters is 1. The van der Waals surface area contributed by atoms with Crippen LogP contribution in [0.2, 0.25) is 0 Å². The molecule has 172 valence electrons. The molecule has 0 bridgehead atoms. The second kappa shape index (κ2) is 9.52. The van der Waals surface area contributed by atoms with Gasteiger partial charge in [0.15, 0.2) is 0 Å². The first kappa shape index (κ1) is 23.1. The zero-order valence-electron chi connectivity index (χ0n) is 18.0. The van der Waals surface area contributed by atoms with Gasteiger partial charge in [-0.15, -0.1) is 0 Å². The number of amides is 2. The number of hydrogen-bond acceptors (Lipinski definition) is 5. The topological polar surface area (TPSA) is 75.7 Å². The van der Waals surface area contributed by atoms with Gasteiger partial charge in [-0.3, -0.25) is 9.59 Å². The summed E-state index contributed by atoms with van der Waals surface area (Å²) in [6, 6.07) is 26.5. The normalized spacial score (nSPS) is 13.5. The molecule has 0 saturated heterocycles. The predicted octanol–water partition coefficient (Wildman–Crippen LogP) is 6.10. The van der Waals surface area contributed by atoms with Crippen molar-refractivity contribution in [2.45, 2.75) is 0 Å². The number of benzene rings is 4. The van der Waals surface area contributed by atoms with Gasteiger partial charge in [0.1, 0.15) is 16.5 Å². The number of halogens is 2. The van der Waals surface area contributed by atoms with Crippen molar-refractivity contribution in [3.05, 3.63) is 111 Å². The Morgan fingerprint density at radius 1 is 0.829 bits per heavy atom. The number of carbonyl (C=O) groups excluding carboxylic acids is 3. The average molecular weight is 595 g/mol. The smallest absolute Gasteiger partial charge is 0.343 e. The maximum Gasteiger partial charge on any atom is 0.343 e. The molecule has 0 aliphatic carbocycles. The van der Waals surface area contributed by atoms with Gasteiger partial charge in [-0.1, -0.05) is 41.9 Å². The zero-order chi connectivity index (χ0) is 24.5. The quantitative estimate of drug-likeness (QED) is 0.131. The molecule has 0 spiro atoms. The molecule has 0 aromatic heterocycles. The molecule has 0 radical (unpaired) electrons. The summed E-state index contributed by atoms with van der Waals surface area (Å²) in [4.78, 5) is 39.1. The van der Waals surface area contributed by atoms with E-state index >= 15 is 0 Å². The molecule has 1 N–H and O–H groups in total. The Morgan fingerprint density at radius 2 is 1.51 bits per heavy atom. The Morgan fingerprint density at radius 3 is 2.23 bits per heavy atom. The molecule has 6 nitrogen and oxygen atoms in total. The average Bonchev–Trinajstić information content (AvgIpc) is 3.08. The van der Waals surface area contributed by atoms with E-state index in [9.17, 15) is 14.4 Å². The Labute approximate surface area is 219 Å². The van der Waals surface area contributed by atoms with Crippen molar-refractivity contribution in [2.24, 2.45) is 0 Å². The van der Waals surface area contributed by atoms with Gasteiger partial charge >= 0.3 is 5.97 Å². The van der Waals surface area contributed by atoms with Crippen LogP contribution in [0.1, 0.15) is 10.4 Å². The highest BCUT2D eigenvalue weighted by molar-refractivity contribution is 14.1. The summed E-state index contributed by atoms with van der Waals surface area (Å²) in [5.41, 5.74) is 1.23. The molecular formula is C27H16ClIN2O4. The van der Waals surface area contributed by atoms with Crippen LogP contribution in [0.15, 0.2) is 102 Å². The van der Waals surface area contributed by atoms with Crippen molar-refractivity contribution in [2.75, 3.05) is 10.2 Å². The summed E-state index contributed by atoms with van der Waals surface area (Å²) in [6.07, 6.45) is 0. The van der Waals surface area contributed by atoms with Gasteiger partial charge in [0, 0.05) is 9.26 Å². The van der Waals surface area contributed by atoms with E-state index in [-0.39, 0.29) is 10.7 Å². The van der Waals surface area contributed by atoms with Crippen molar-refractivity contribution in [1.82, 2.24) is 0 Å². The van der Waals surface area contributed by atoms with E-state index in [0.717, 1.165) is 19.2 Å². The highest BCUT2D eigenvalue weighted by Gasteiger charge is 2.38. The summed E-state index contributed by atoms with van der Waals surface area (Å²) >= 11 is 8.33. The fourth-order valence-corrected chi connectivity index (χ4v) is 4.24.